The van der Waals surface area contributed by atoms with Crippen molar-refractivity contribution in [2.45, 2.75) is 11.3 Å². The van der Waals surface area contributed by atoms with Gasteiger partial charge in [0.2, 0.25) is 10.0 Å². The molecule has 3 rings (SSSR count). The predicted octanol–water partition coefficient (Wildman–Crippen LogP) is 2.95. The lowest BCUT2D eigenvalue weighted by Gasteiger charge is -2.07. The highest BCUT2D eigenvalue weighted by Gasteiger charge is 2.25. The molecule has 2 aromatic carbocycles. The molecule has 0 saturated carbocycles. The molecule has 0 atom stereocenters. The molecule has 1 N–H and O–H groups in total. The maximum absolute atomic E-state index is 12.4. The van der Waals surface area contributed by atoms with E-state index in [2.05, 4.69) is 9.82 Å². The molecule has 27 heavy (non-hydrogen) atoms. The Balaban J connectivity index is 1.69. The van der Waals surface area contributed by atoms with Crippen molar-refractivity contribution in [1.82, 2.24) is 14.5 Å². The first-order valence-corrected chi connectivity index (χ1v) is 9.75. The summed E-state index contributed by atoms with van der Waals surface area (Å²) in [5.74, 6) is 0. The largest absolute Gasteiger partial charge is 0.290 e. The van der Waals surface area contributed by atoms with Crippen molar-refractivity contribution in [2.75, 3.05) is 6.54 Å². The van der Waals surface area contributed by atoms with Crippen LogP contribution in [0, 0.1) is 10.1 Å². The van der Waals surface area contributed by atoms with Crippen molar-refractivity contribution >= 4 is 27.3 Å². The van der Waals surface area contributed by atoms with E-state index in [0.717, 1.165) is 23.4 Å². The van der Waals surface area contributed by atoms with Crippen molar-refractivity contribution in [2.24, 2.45) is 0 Å². The van der Waals surface area contributed by atoms with Crippen LogP contribution in [0.3, 0.4) is 0 Å². The summed E-state index contributed by atoms with van der Waals surface area (Å²) >= 11 is 5.72. The molecule has 0 amide bonds. The molecule has 1 heterocycles. The number of nitro benzene ring substituents is 1. The van der Waals surface area contributed by atoms with E-state index in [4.69, 9.17) is 11.6 Å². The molecule has 3 aromatic rings. The van der Waals surface area contributed by atoms with Crippen molar-refractivity contribution < 1.29 is 13.3 Å². The molecule has 0 aliphatic carbocycles. The Labute approximate surface area is 160 Å². The second kappa shape index (κ2) is 7.87. The minimum Gasteiger partial charge on any atom is -0.258 e. The highest BCUT2D eigenvalue weighted by molar-refractivity contribution is 7.89. The summed E-state index contributed by atoms with van der Waals surface area (Å²) in [6.45, 7) is 0.0720. The van der Waals surface area contributed by atoms with Crippen LogP contribution in [0.25, 0.3) is 5.69 Å². The quantitative estimate of drug-likeness (QED) is 0.479. The fourth-order valence-corrected chi connectivity index (χ4v) is 3.83. The number of sulfonamides is 1. The van der Waals surface area contributed by atoms with Gasteiger partial charge in [-0.15, -0.1) is 0 Å². The molecule has 0 saturated heterocycles. The Morgan fingerprint density at radius 3 is 2.63 bits per heavy atom. The Bertz CT molecular complexity index is 1070. The van der Waals surface area contributed by atoms with Crippen LogP contribution < -0.4 is 4.72 Å². The molecular weight excluding hydrogens is 392 g/mol. The van der Waals surface area contributed by atoms with E-state index >= 15 is 0 Å². The molecular formula is C17H15ClN4O4S. The zero-order valence-electron chi connectivity index (χ0n) is 13.9. The van der Waals surface area contributed by atoms with E-state index in [1.807, 2.05) is 30.3 Å². The monoisotopic (exact) mass is 406 g/mol. The lowest BCUT2D eigenvalue weighted by molar-refractivity contribution is -0.387. The minimum atomic E-state index is -4.05. The normalized spacial score (nSPS) is 11.4. The average Bonchev–Trinajstić information content (AvgIpc) is 3.11. The topological polar surface area (TPSA) is 107 Å². The number of hydrogen-bond acceptors (Lipinski definition) is 5. The second-order valence-corrected chi connectivity index (χ2v) is 7.82. The molecule has 0 fully saturated rings. The summed E-state index contributed by atoms with van der Waals surface area (Å²) in [6, 6.07) is 12.9. The van der Waals surface area contributed by atoms with Crippen LogP contribution in [-0.2, 0) is 16.4 Å². The molecule has 1 aromatic heterocycles. The Morgan fingerprint density at radius 2 is 1.93 bits per heavy atom. The summed E-state index contributed by atoms with van der Waals surface area (Å²) in [5, 5.41) is 15.4. The smallest absolute Gasteiger partial charge is 0.258 e. The molecule has 0 bridgehead atoms. The SMILES string of the molecule is O=[N+]([O-])c1cc(Cl)ccc1S(=O)(=O)NCCc1cnn(-c2ccccc2)c1. The second-order valence-electron chi connectivity index (χ2n) is 5.65. The zero-order valence-corrected chi connectivity index (χ0v) is 15.5. The number of aromatic nitrogens is 2. The summed E-state index contributed by atoms with van der Waals surface area (Å²) in [6.07, 6.45) is 3.83. The predicted molar refractivity (Wildman–Crippen MR) is 101 cm³/mol. The molecule has 10 heteroatoms. The molecule has 0 aliphatic rings. The molecule has 0 radical (unpaired) electrons. The van der Waals surface area contributed by atoms with Gasteiger partial charge in [0, 0.05) is 23.8 Å². The third kappa shape index (κ3) is 4.51. The van der Waals surface area contributed by atoms with E-state index in [1.54, 1.807) is 17.1 Å². The number of halogens is 1. The van der Waals surface area contributed by atoms with Gasteiger partial charge in [-0.2, -0.15) is 5.10 Å². The molecule has 0 spiro atoms. The van der Waals surface area contributed by atoms with Gasteiger partial charge >= 0.3 is 0 Å². The third-order valence-corrected chi connectivity index (χ3v) is 5.51. The Hall–Kier alpha value is -2.75. The van der Waals surface area contributed by atoms with Gasteiger partial charge in [-0.05, 0) is 36.2 Å². The van der Waals surface area contributed by atoms with Crippen LogP contribution in [-0.4, -0.2) is 29.7 Å². The Kier molecular flexibility index (Phi) is 5.54. The van der Waals surface area contributed by atoms with E-state index in [9.17, 15) is 18.5 Å². The molecule has 0 unspecified atom stereocenters. The first-order valence-electron chi connectivity index (χ1n) is 7.89. The van der Waals surface area contributed by atoms with Crippen LogP contribution in [0.2, 0.25) is 5.02 Å². The van der Waals surface area contributed by atoms with Gasteiger partial charge in [-0.3, -0.25) is 10.1 Å². The van der Waals surface area contributed by atoms with Gasteiger partial charge in [0.15, 0.2) is 4.90 Å². The van der Waals surface area contributed by atoms with Crippen LogP contribution in [0.1, 0.15) is 5.56 Å². The molecule has 8 nitrogen and oxygen atoms in total. The van der Waals surface area contributed by atoms with Gasteiger partial charge in [0.05, 0.1) is 16.8 Å². The van der Waals surface area contributed by atoms with Gasteiger partial charge in [-0.1, -0.05) is 29.8 Å². The fraction of sp³-hybridized carbons (Fsp3) is 0.118. The van der Waals surface area contributed by atoms with Crippen molar-refractivity contribution in [3.8, 4) is 5.69 Å². The van der Waals surface area contributed by atoms with Crippen LogP contribution in [0.15, 0.2) is 65.8 Å². The summed E-state index contributed by atoms with van der Waals surface area (Å²) in [7, 11) is -4.05. The number of para-hydroxylation sites is 1. The average molecular weight is 407 g/mol. The van der Waals surface area contributed by atoms with Gasteiger partial charge in [-0.25, -0.2) is 17.8 Å². The lowest BCUT2D eigenvalue weighted by atomic mass is 10.2. The third-order valence-electron chi connectivity index (χ3n) is 3.77. The zero-order chi connectivity index (χ0) is 19.4. The van der Waals surface area contributed by atoms with Gasteiger partial charge in [0.1, 0.15) is 0 Å². The highest BCUT2D eigenvalue weighted by Crippen LogP contribution is 2.26. The fourth-order valence-electron chi connectivity index (χ4n) is 2.48. The van der Waals surface area contributed by atoms with Crippen LogP contribution in [0.5, 0.6) is 0 Å². The van der Waals surface area contributed by atoms with E-state index in [0.29, 0.717) is 6.42 Å². The summed E-state index contributed by atoms with van der Waals surface area (Å²) in [5.41, 5.74) is 1.15. The van der Waals surface area contributed by atoms with Gasteiger partial charge < -0.3 is 0 Å². The molecule has 140 valence electrons. The first kappa shape index (κ1) is 19.0. The number of rotatable bonds is 7. The first-order chi connectivity index (χ1) is 12.9. The number of benzene rings is 2. The maximum Gasteiger partial charge on any atom is 0.290 e. The number of nitro groups is 1. The van der Waals surface area contributed by atoms with Gasteiger partial charge in [0.25, 0.3) is 5.69 Å². The van der Waals surface area contributed by atoms with Crippen LogP contribution >= 0.6 is 11.6 Å². The standard InChI is InChI=1S/C17H15ClN4O4S/c18-14-6-7-17(16(10-14)22(23)24)27(25,26)20-9-8-13-11-19-21(12-13)15-4-2-1-3-5-15/h1-7,10-12,20H,8-9H2. The Morgan fingerprint density at radius 1 is 1.19 bits per heavy atom. The maximum atomic E-state index is 12.4. The van der Waals surface area contributed by atoms with E-state index in [-0.39, 0.29) is 11.6 Å². The van der Waals surface area contributed by atoms with Crippen molar-refractivity contribution in [3.05, 3.63) is 81.6 Å². The molecule has 0 aliphatic heterocycles. The lowest BCUT2D eigenvalue weighted by Crippen LogP contribution is -2.26. The summed E-state index contributed by atoms with van der Waals surface area (Å²) in [4.78, 5) is 9.90. The highest BCUT2D eigenvalue weighted by atomic mass is 35.5. The minimum absolute atomic E-state index is 0.0720. The van der Waals surface area contributed by atoms with Crippen molar-refractivity contribution in [1.29, 1.82) is 0 Å². The number of nitrogens with zero attached hydrogens (tertiary/aromatic N) is 3. The van der Waals surface area contributed by atoms with Crippen LogP contribution in [0.4, 0.5) is 5.69 Å². The summed E-state index contributed by atoms with van der Waals surface area (Å²) < 4.78 is 28.9. The van der Waals surface area contributed by atoms with E-state index in [1.165, 1.54) is 6.07 Å². The number of nitrogens with one attached hydrogen (secondary N) is 1. The number of hydrogen-bond donors (Lipinski definition) is 1. The van der Waals surface area contributed by atoms with E-state index < -0.39 is 25.5 Å². The van der Waals surface area contributed by atoms with Crippen molar-refractivity contribution in [3.63, 3.8) is 0 Å².